The second-order valence-electron chi connectivity index (χ2n) is 4.48. The number of aryl methyl sites for hydroxylation is 1. The number of piperidine rings is 1. The second kappa shape index (κ2) is 5.56. The van der Waals surface area contributed by atoms with Gasteiger partial charge in [-0.1, -0.05) is 0 Å². The second-order valence-corrected chi connectivity index (χ2v) is 6.39. The van der Waals surface area contributed by atoms with Crippen LogP contribution in [0.5, 0.6) is 0 Å². The summed E-state index contributed by atoms with van der Waals surface area (Å²) < 4.78 is 27.8. The largest absolute Gasteiger partial charge is 0.327 e. The van der Waals surface area contributed by atoms with Crippen LogP contribution in [0, 0.1) is 6.92 Å². The van der Waals surface area contributed by atoms with E-state index >= 15 is 0 Å². The Labute approximate surface area is 114 Å². The van der Waals surface area contributed by atoms with Gasteiger partial charge in [0.25, 0.3) is 0 Å². The van der Waals surface area contributed by atoms with Gasteiger partial charge in [0.2, 0.25) is 10.0 Å². The van der Waals surface area contributed by atoms with Crippen molar-refractivity contribution < 1.29 is 8.42 Å². The lowest BCUT2D eigenvalue weighted by molar-refractivity contribution is 0.316. The van der Waals surface area contributed by atoms with Gasteiger partial charge >= 0.3 is 0 Å². The van der Waals surface area contributed by atoms with E-state index < -0.39 is 10.0 Å². The monoisotopic (exact) mass is 294 g/mol. The number of hydrogen-bond donors (Lipinski definition) is 1. The summed E-state index contributed by atoms with van der Waals surface area (Å²) >= 11 is 0. The molecule has 104 valence electrons. The molecule has 2 N–H and O–H groups in total. The standard InChI is InChI=1S/C10H18N4O2S.ClH/c1-8-10(6-12-13(8)2)17(15,16)14-5-3-4-9(11)7-14;/h6,9H,3-5,7,11H2,1-2H3;1H/t9-;/m1./s1. The highest BCUT2D eigenvalue weighted by Gasteiger charge is 2.31. The first-order valence-electron chi connectivity index (χ1n) is 5.67. The van der Waals surface area contributed by atoms with E-state index in [2.05, 4.69) is 5.10 Å². The number of halogens is 1. The fourth-order valence-corrected chi connectivity index (χ4v) is 3.78. The minimum atomic E-state index is -3.43. The molecule has 1 aliphatic heterocycles. The third kappa shape index (κ3) is 2.69. The quantitative estimate of drug-likeness (QED) is 0.848. The van der Waals surface area contributed by atoms with Crippen LogP contribution < -0.4 is 5.73 Å². The third-order valence-electron chi connectivity index (χ3n) is 3.23. The zero-order valence-corrected chi connectivity index (χ0v) is 12.2. The van der Waals surface area contributed by atoms with E-state index in [1.807, 2.05) is 0 Å². The SMILES string of the molecule is Cc1c(S(=O)(=O)N2CCC[C@@H](N)C2)cnn1C.Cl. The molecule has 1 atom stereocenters. The van der Waals surface area contributed by atoms with Crippen molar-refractivity contribution >= 4 is 22.4 Å². The maximum Gasteiger partial charge on any atom is 0.246 e. The van der Waals surface area contributed by atoms with Gasteiger partial charge in [0.15, 0.2) is 0 Å². The van der Waals surface area contributed by atoms with Crippen molar-refractivity contribution in [1.29, 1.82) is 0 Å². The van der Waals surface area contributed by atoms with Crippen LogP contribution in [-0.2, 0) is 17.1 Å². The molecule has 1 aromatic rings. The van der Waals surface area contributed by atoms with Crippen molar-refractivity contribution in [2.24, 2.45) is 12.8 Å². The molecule has 6 nitrogen and oxygen atoms in total. The van der Waals surface area contributed by atoms with Gasteiger partial charge in [0.1, 0.15) is 4.90 Å². The third-order valence-corrected chi connectivity index (χ3v) is 5.20. The van der Waals surface area contributed by atoms with E-state index in [9.17, 15) is 8.42 Å². The van der Waals surface area contributed by atoms with Gasteiger partial charge in [-0.25, -0.2) is 8.42 Å². The normalized spacial score (nSPS) is 21.6. The summed E-state index contributed by atoms with van der Waals surface area (Å²) in [7, 11) is -1.70. The molecule has 2 heterocycles. The molecule has 0 unspecified atom stereocenters. The van der Waals surface area contributed by atoms with Gasteiger partial charge in [-0.15, -0.1) is 12.4 Å². The predicted octanol–water partition coefficient (Wildman–Crippen LogP) is 0.262. The summed E-state index contributed by atoms with van der Waals surface area (Å²) in [5.41, 5.74) is 6.47. The fraction of sp³-hybridized carbons (Fsp3) is 0.700. The summed E-state index contributed by atoms with van der Waals surface area (Å²) in [5, 5.41) is 3.98. The van der Waals surface area contributed by atoms with Crippen molar-refractivity contribution in [1.82, 2.24) is 14.1 Å². The van der Waals surface area contributed by atoms with Crippen molar-refractivity contribution in [3.8, 4) is 0 Å². The average Bonchev–Trinajstić information content (AvgIpc) is 2.60. The van der Waals surface area contributed by atoms with Crippen LogP contribution in [-0.4, -0.2) is 41.6 Å². The molecule has 0 bridgehead atoms. The number of rotatable bonds is 2. The molecule has 1 aliphatic rings. The van der Waals surface area contributed by atoms with E-state index in [-0.39, 0.29) is 23.3 Å². The van der Waals surface area contributed by atoms with E-state index in [0.29, 0.717) is 18.8 Å². The minimum absolute atomic E-state index is 0. The Balaban J connectivity index is 0.00000162. The van der Waals surface area contributed by atoms with Gasteiger partial charge in [-0.05, 0) is 19.8 Å². The molecule has 1 aromatic heterocycles. The Kier molecular flexibility index (Phi) is 4.77. The lowest BCUT2D eigenvalue weighted by Gasteiger charge is -2.29. The van der Waals surface area contributed by atoms with Gasteiger partial charge in [-0.2, -0.15) is 9.40 Å². The molecule has 0 amide bonds. The van der Waals surface area contributed by atoms with Crippen molar-refractivity contribution in [3.05, 3.63) is 11.9 Å². The molecule has 0 aromatic carbocycles. The first-order valence-corrected chi connectivity index (χ1v) is 7.11. The molecular formula is C10H19ClN4O2S. The van der Waals surface area contributed by atoms with Gasteiger partial charge in [-0.3, -0.25) is 4.68 Å². The molecule has 2 rings (SSSR count). The molecule has 0 aliphatic carbocycles. The lowest BCUT2D eigenvalue weighted by atomic mass is 10.1. The number of hydrogen-bond acceptors (Lipinski definition) is 4. The predicted molar refractivity (Wildman–Crippen MR) is 71.2 cm³/mol. The van der Waals surface area contributed by atoms with Crippen LogP contribution >= 0.6 is 12.4 Å². The Morgan fingerprint density at radius 3 is 2.67 bits per heavy atom. The zero-order valence-electron chi connectivity index (χ0n) is 10.5. The van der Waals surface area contributed by atoms with Crippen molar-refractivity contribution in [2.45, 2.75) is 30.7 Å². The Bertz CT molecular complexity index is 514. The van der Waals surface area contributed by atoms with Gasteiger partial charge in [0.05, 0.1) is 11.9 Å². The molecule has 18 heavy (non-hydrogen) atoms. The Hall–Kier alpha value is -0.630. The van der Waals surface area contributed by atoms with Crippen LogP contribution in [0.25, 0.3) is 0 Å². The first-order chi connectivity index (χ1) is 7.93. The summed E-state index contributed by atoms with van der Waals surface area (Å²) in [6.07, 6.45) is 3.11. The summed E-state index contributed by atoms with van der Waals surface area (Å²) in [5.74, 6) is 0. The smallest absolute Gasteiger partial charge is 0.246 e. The molecular weight excluding hydrogens is 276 g/mol. The van der Waals surface area contributed by atoms with E-state index in [1.54, 1.807) is 18.7 Å². The van der Waals surface area contributed by atoms with Crippen molar-refractivity contribution in [3.63, 3.8) is 0 Å². The van der Waals surface area contributed by atoms with E-state index in [0.717, 1.165) is 12.8 Å². The number of aromatic nitrogens is 2. The van der Waals surface area contributed by atoms with Crippen LogP contribution in [0.2, 0.25) is 0 Å². The molecule has 1 fully saturated rings. The summed E-state index contributed by atoms with van der Waals surface area (Å²) in [6, 6.07) is -0.0597. The van der Waals surface area contributed by atoms with Gasteiger partial charge in [0, 0.05) is 26.2 Å². The Morgan fingerprint density at radius 2 is 2.17 bits per heavy atom. The number of nitrogens with two attached hydrogens (primary N) is 1. The van der Waals surface area contributed by atoms with Gasteiger partial charge < -0.3 is 5.73 Å². The Morgan fingerprint density at radius 1 is 1.50 bits per heavy atom. The highest BCUT2D eigenvalue weighted by Crippen LogP contribution is 2.22. The van der Waals surface area contributed by atoms with Crippen LogP contribution in [0.4, 0.5) is 0 Å². The molecule has 0 spiro atoms. The van der Waals surface area contributed by atoms with E-state index in [4.69, 9.17) is 5.73 Å². The molecule has 0 radical (unpaired) electrons. The highest BCUT2D eigenvalue weighted by atomic mass is 35.5. The molecule has 0 saturated carbocycles. The van der Waals surface area contributed by atoms with Crippen LogP contribution in [0.1, 0.15) is 18.5 Å². The van der Waals surface area contributed by atoms with Crippen LogP contribution in [0.15, 0.2) is 11.1 Å². The topological polar surface area (TPSA) is 81.2 Å². The van der Waals surface area contributed by atoms with Crippen molar-refractivity contribution in [2.75, 3.05) is 13.1 Å². The maximum absolute atomic E-state index is 12.4. The maximum atomic E-state index is 12.4. The lowest BCUT2D eigenvalue weighted by Crippen LogP contribution is -2.45. The molecule has 8 heteroatoms. The number of sulfonamides is 1. The fourth-order valence-electron chi connectivity index (χ4n) is 2.06. The highest BCUT2D eigenvalue weighted by molar-refractivity contribution is 7.89. The van der Waals surface area contributed by atoms with Crippen LogP contribution in [0.3, 0.4) is 0 Å². The average molecular weight is 295 g/mol. The summed E-state index contributed by atoms with van der Waals surface area (Å²) in [6.45, 7) is 2.70. The van der Waals surface area contributed by atoms with E-state index in [1.165, 1.54) is 10.5 Å². The molecule has 1 saturated heterocycles. The zero-order chi connectivity index (χ0) is 12.6. The minimum Gasteiger partial charge on any atom is -0.327 e. The first kappa shape index (κ1) is 15.4. The summed E-state index contributed by atoms with van der Waals surface area (Å²) in [4.78, 5) is 0.286. The number of nitrogens with zero attached hydrogens (tertiary/aromatic N) is 3.